The SMILES string of the molecule is C[C@H](C(=O)NC1CCCCCC1)N1CCN(c2ncccn2)CC1. The van der Waals surface area contributed by atoms with Crippen LogP contribution in [0.3, 0.4) is 0 Å². The van der Waals surface area contributed by atoms with Crippen LogP contribution in [-0.4, -0.2) is 59.0 Å². The van der Waals surface area contributed by atoms with Crippen LogP contribution in [0.15, 0.2) is 18.5 Å². The first-order valence-electron chi connectivity index (χ1n) is 9.30. The number of carbonyl (C=O) groups is 1. The van der Waals surface area contributed by atoms with E-state index in [2.05, 4.69) is 25.1 Å². The van der Waals surface area contributed by atoms with Gasteiger partial charge >= 0.3 is 0 Å². The van der Waals surface area contributed by atoms with Crippen molar-refractivity contribution >= 4 is 11.9 Å². The maximum atomic E-state index is 12.6. The van der Waals surface area contributed by atoms with Gasteiger partial charge in [-0.25, -0.2) is 9.97 Å². The van der Waals surface area contributed by atoms with Crippen LogP contribution in [0.4, 0.5) is 5.95 Å². The molecule has 132 valence electrons. The first-order valence-corrected chi connectivity index (χ1v) is 9.30. The van der Waals surface area contributed by atoms with Gasteiger partial charge in [0.25, 0.3) is 0 Å². The zero-order valence-electron chi connectivity index (χ0n) is 14.7. The molecule has 3 rings (SSSR count). The summed E-state index contributed by atoms with van der Waals surface area (Å²) in [5, 5.41) is 3.28. The third kappa shape index (κ3) is 4.44. The highest BCUT2D eigenvalue weighted by atomic mass is 16.2. The standard InChI is InChI=1S/C18H29N5O/c1-15(17(24)21-16-7-4-2-3-5-8-16)22-11-13-23(14-12-22)18-19-9-6-10-20-18/h6,9-10,15-16H,2-5,7-8,11-14H2,1H3,(H,21,24)/t15-/m1/s1. The third-order valence-corrected chi connectivity index (χ3v) is 5.28. The van der Waals surface area contributed by atoms with Crippen LogP contribution < -0.4 is 10.2 Å². The van der Waals surface area contributed by atoms with E-state index in [0.29, 0.717) is 6.04 Å². The van der Waals surface area contributed by atoms with Gasteiger partial charge in [-0.2, -0.15) is 0 Å². The molecule has 1 saturated heterocycles. The lowest BCUT2D eigenvalue weighted by molar-refractivity contribution is -0.126. The largest absolute Gasteiger partial charge is 0.352 e. The van der Waals surface area contributed by atoms with Crippen molar-refractivity contribution in [2.24, 2.45) is 0 Å². The molecule has 6 nitrogen and oxygen atoms in total. The number of piperazine rings is 1. The van der Waals surface area contributed by atoms with Crippen molar-refractivity contribution in [1.29, 1.82) is 0 Å². The molecule has 2 fully saturated rings. The van der Waals surface area contributed by atoms with Crippen molar-refractivity contribution in [2.75, 3.05) is 31.1 Å². The summed E-state index contributed by atoms with van der Waals surface area (Å²) >= 11 is 0. The van der Waals surface area contributed by atoms with Gasteiger partial charge in [0.1, 0.15) is 0 Å². The molecule has 0 radical (unpaired) electrons. The lowest BCUT2D eigenvalue weighted by Crippen LogP contribution is -2.55. The van der Waals surface area contributed by atoms with Crippen molar-refractivity contribution in [1.82, 2.24) is 20.2 Å². The molecule has 1 amide bonds. The van der Waals surface area contributed by atoms with Gasteiger partial charge in [0.15, 0.2) is 0 Å². The second-order valence-corrected chi connectivity index (χ2v) is 6.94. The Labute approximate surface area is 144 Å². The van der Waals surface area contributed by atoms with Crippen LogP contribution in [-0.2, 0) is 4.79 Å². The van der Waals surface area contributed by atoms with Crippen LogP contribution >= 0.6 is 0 Å². The summed E-state index contributed by atoms with van der Waals surface area (Å²) in [7, 11) is 0. The number of carbonyl (C=O) groups excluding carboxylic acids is 1. The minimum Gasteiger partial charge on any atom is -0.352 e. The molecule has 1 N–H and O–H groups in total. The fourth-order valence-corrected chi connectivity index (χ4v) is 3.68. The highest BCUT2D eigenvalue weighted by molar-refractivity contribution is 5.81. The molecule has 1 aromatic rings. The van der Waals surface area contributed by atoms with E-state index in [-0.39, 0.29) is 11.9 Å². The van der Waals surface area contributed by atoms with E-state index in [9.17, 15) is 4.79 Å². The second-order valence-electron chi connectivity index (χ2n) is 6.94. The number of hydrogen-bond donors (Lipinski definition) is 1. The van der Waals surface area contributed by atoms with Crippen molar-refractivity contribution in [3.05, 3.63) is 18.5 Å². The number of hydrogen-bond acceptors (Lipinski definition) is 5. The summed E-state index contributed by atoms with van der Waals surface area (Å²) in [5.74, 6) is 0.971. The van der Waals surface area contributed by atoms with Gasteiger partial charge in [0.05, 0.1) is 6.04 Å². The van der Waals surface area contributed by atoms with Crippen LogP contribution in [0.5, 0.6) is 0 Å². The van der Waals surface area contributed by atoms with Gasteiger partial charge in [-0.3, -0.25) is 9.69 Å². The Hall–Kier alpha value is -1.69. The van der Waals surface area contributed by atoms with E-state index in [1.807, 2.05) is 13.0 Å². The van der Waals surface area contributed by atoms with Gasteiger partial charge in [-0.05, 0) is 25.8 Å². The average Bonchev–Trinajstić information content (AvgIpc) is 2.90. The van der Waals surface area contributed by atoms with Crippen LogP contribution in [0, 0.1) is 0 Å². The molecule has 1 atom stereocenters. The molecule has 1 aromatic heterocycles. The lowest BCUT2D eigenvalue weighted by Gasteiger charge is -2.37. The normalized spacial score (nSPS) is 22.0. The maximum Gasteiger partial charge on any atom is 0.237 e. The van der Waals surface area contributed by atoms with E-state index in [1.54, 1.807) is 12.4 Å². The second kappa shape index (κ2) is 8.42. The first kappa shape index (κ1) is 17.1. The number of rotatable bonds is 4. The Morgan fingerprint density at radius 3 is 2.33 bits per heavy atom. The predicted octanol–water partition coefficient (Wildman–Crippen LogP) is 1.83. The quantitative estimate of drug-likeness (QED) is 0.853. The maximum absolute atomic E-state index is 12.6. The minimum atomic E-state index is -0.0629. The van der Waals surface area contributed by atoms with Gasteiger partial charge in [-0.15, -0.1) is 0 Å². The van der Waals surface area contributed by atoms with Crippen LogP contribution in [0.1, 0.15) is 45.4 Å². The third-order valence-electron chi connectivity index (χ3n) is 5.28. The van der Waals surface area contributed by atoms with Crippen molar-refractivity contribution < 1.29 is 4.79 Å². The summed E-state index contributed by atoms with van der Waals surface area (Å²) in [6, 6.07) is 2.15. The van der Waals surface area contributed by atoms with Crippen LogP contribution in [0.2, 0.25) is 0 Å². The zero-order chi connectivity index (χ0) is 16.8. The molecule has 0 unspecified atom stereocenters. The molecule has 0 bridgehead atoms. The molecule has 1 aliphatic heterocycles. The topological polar surface area (TPSA) is 61.4 Å². The number of amides is 1. The molecule has 2 heterocycles. The fraction of sp³-hybridized carbons (Fsp3) is 0.722. The Bertz CT molecular complexity index is 507. The van der Waals surface area contributed by atoms with E-state index in [1.165, 1.54) is 25.7 Å². The van der Waals surface area contributed by atoms with Crippen molar-refractivity contribution in [3.8, 4) is 0 Å². The molecule has 6 heteroatoms. The number of nitrogens with one attached hydrogen (secondary N) is 1. The molecular weight excluding hydrogens is 302 g/mol. The highest BCUT2D eigenvalue weighted by Crippen LogP contribution is 2.18. The lowest BCUT2D eigenvalue weighted by atomic mass is 10.1. The summed E-state index contributed by atoms with van der Waals surface area (Å²) < 4.78 is 0. The molecule has 1 saturated carbocycles. The number of nitrogens with zero attached hydrogens (tertiary/aromatic N) is 4. The van der Waals surface area contributed by atoms with E-state index in [0.717, 1.165) is 45.0 Å². The minimum absolute atomic E-state index is 0.0629. The van der Waals surface area contributed by atoms with Crippen molar-refractivity contribution in [3.63, 3.8) is 0 Å². The van der Waals surface area contributed by atoms with Gasteiger partial charge < -0.3 is 10.2 Å². The summed E-state index contributed by atoms with van der Waals surface area (Å²) in [6.07, 6.45) is 10.9. The Kier molecular flexibility index (Phi) is 6.01. The zero-order valence-corrected chi connectivity index (χ0v) is 14.7. The van der Waals surface area contributed by atoms with Gasteiger partial charge in [0, 0.05) is 44.6 Å². The van der Waals surface area contributed by atoms with E-state index >= 15 is 0 Å². The Morgan fingerprint density at radius 1 is 1.08 bits per heavy atom. The molecule has 1 aliphatic carbocycles. The first-order chi connectivity index (χ1) is 11.7. The van der Waals surface area contributed by atoms with Crippen LogP contribution in [0.25, 0.3) is 0 Å². The predicted molar refractivity (Wildman–Crippen MR) is 94.9 cm³/mol. The smallest absolute Gasteiger partial charge is 0.237 e. The highest BCUT2D eigenvalue weighted by Gasteiger charge is 2.27. The summed E-state index contributed by atoms with van der Waals surface area (Å²) in [4.78, 5) is 25.7. The Morgan fingerprint density at radius 2 is 1.71 bits per heavy atom. The summed E-state index contributed by atoms with van der Waals surface area (Å²) in [5.41, 5.74) is 0. The fourth-order valence-electron chi connectivity index (χ4n) is 3.68. The molecule has 2 aliphatic rings. The van der Waals surface area contributed by atoms with Gasteiger partial charge in [0.2, 0.25) is 11.9 Å². The molecule has 0 spiro atoms. The summed E-state index contributed by atoms with van der Waals surface area (Å²) in [6.45, 7) is 5.51. The average molecular weight is 331 g/mol. The van der Waals surface area contributed by atoms with E-state index < -0.39 is 0 Å². The van der Waals surface area contributed by atoms with E-state index in [4.69, 9.17) is 0 Å². The van der Waals surface area contributed by atoms with Gasteiger partial charge in [-0.1, -0.05) is 25.7 Å². The number of aromatic nitrogens is 2. The van der Waals surface area contributed by atoms with Crippen molar-refractivity contribution in [2.45, 2.75) is 57.5 Å². The molecule has 24 heavy (non-hydrogen) atoms. The number of anilines is 1. The molecular formula is C18H29N5O. The Balaban J connectivity index is 1.47. The molecule has 0 aromatic carbocycles. The monoisotopic (exact) mass is 331 g/mol.